The van der Waals surface area contributed by atoms with E-state index in [0.717, 1.165) is 12.0 Å². The van der Waals surface area contributed by atoms with Crippen LogP contribution < -0.4 is 0 Å². The number of aliphatic carboxylic acids is 1. The van der Waals surface area contributed by atoms with Crippen LogP contribution >= 0.6 is 11.6 Å². The third kappa shape index (κ3) is 3.28. The predicted molar refractivity (Wildman–Crippen MR) is 93.2 cm³/mol. The van der Waals surface area contributed by atoms with Gasteiger partial charge < -0.3 is 10.2 Å². The fourth-order valence-electron chi connectivity index (χ4n) is 3.90. The Hall–Kier alpha value is -1.92. The summed E-state index contributed by atoms with van der Waals surface area (Å²) in [5, 5.41) is 25.9. The summed E-state index contributed by atoms with van der Waals surface area (Å²) >= 11 is 5.92. The number of carboxylic acid groups (broad SMARTS) is 1. The predicted octanol–water partition coefficient (Wildman–Crippen LogP) is 2.80. The second kappa shape index (κ2) is 6.77. The van der Waals surface area contributed by atoms with Gasteiger partial charge in [0.2, 0.25) is 0 Å². The number of halogens is 1. The Labute approximate surface area is 151 Å². The molecule has 1 saturated carbocycles. The van der Waals surface area contributed by atoms with Crippen molar-refractivity contribution in [2.45, 2.75) is 44.8 Å². The number of aliphatic hydroxyl groups is 1. The minimum Gasteiger partial charge on any atom is -0.481 e. The Morgan fingerprint density at radius 3 is 2.72 bits per heavy atom. The fourth-order valence-corrected chi connectivity index (χ4v) is 4.03. The highest BCUT2D eigenvalue weighted by molar-refractivity contribution is 6.30. The average Bonchev–Trinajstić information content (AvgIpc) is 3.16. The average molecular weight is 364 g/mol. The van der Waals surface area contributed by atoms with Crippen LogP contribution in [0, 0.1) is 11.3 Å². The fraction of sp³-hybridized carbons (Fsp3) is 0.500. The molecule has 1 aromatic heterocycles. The normalized spacial score (nSPS) is 29.0. The van der Waals surface area contributed by atoms with Crippen molar-refractivity contribution in [3.05, 3.63) is 47.5 Å². The van der Waals surface area contributed by atoms with Crippen LogP contribution in [0.25, 0.3) is 0 Å². The van der Waals surface area contributed by atoms with Crippen molar-refractivity contribution in [3.63, 3.8) is 0 Å². The van der Waals surface area contributed by atoms with Gasteiger partial charge in [-0.1, -0.05) is 23.7 Å². The molecule has 2 N–H and O–H groups in total. The number of rotatable bonds is 6. The largest absolute Gasteiger partial charge is 0.481 e. The highest BCUT2D eigenvalue weighted by Gasteiger charge is 2.61. The monoisotopic (exact) mass is 363 g/mol. The van der Waals surface area contributed by atoms with E-state index < -0.39 is 17.0 Å². The maximum atomic E-state index is 11.9. The highest BCUT2D eigenvalue weighted by Crippen LogP contribution is 2.52. The zero-order valence-electron chi connectivity index (χ0n) is 14.1. The van der Waals surface area contributed by atoms with Crippen molar-refractivity contribution in [1.29, 1.82) is 0 Å². The number of carboxylic acids is 1. The van der Waals surface area contributed by atoms with E-state index in [4.69, 9.17) is 11.6 Å². The number of aromatic nitrogens is 3. The Morgan fingerprint density at radius 1 is 1.40 bits per heavy atom. The van der Waals surface area contributed by atoms with Crippen LogP contribution in [0.15, 0.2) is 36.9 Å². The van der Waals surface area contributed by atoms with Gasteiger partial charge in [-0.2, -0.15) is 5.10 Å². The van der Waals surface area contributed by atoms with Crippen LogP contribution in [-0.4, -0.2) is 36.5 Å². The third-order valence-corrected chi connectivity index (χ3v) is 5.91. The van der Waals surface area contributed by atoms with E-state index in [9.17, 15) is 15.0 Å². The molecule has 1 aliphatic carbocycles. The van der Waals surface area contributed by atoms with E-state index in [-0.39, 0.29) is 12.5 Å². The zero-order valence-corrected chi connectivity index (χ0v) is 14.9. The Morgan fingerprint density at radius 2 is 2.12 bits per heavy atom. The zero-order chi connectivity index (χ0) is 18.1. The lowest BCUT2D eigenvalue weighted by Gasteiger charge is -2.40. The minimum atomic E-state index is -1.38. The Bertz CT molecular complexity index is 735. The molecule has 3 rings (SSSR count). The lowest BCUT2D eigenvalue weighted by molar-refractivity contribution is -0.169. The number of nitrogens with zero attached hydrogens (tertiary/aromatic N) is 3. The topological polar surface area (TPSA) is 88.2 Å². The molecule has 0 saturated heterocycles. The minimum absolute atomic E-state index is 0.126. The van der Waals surface area contributed by atoms with Crippen molar-refractivity contribution in [1.82, 2.24) is 14.8 Å². The molecule has 0 spiro atoms. The van der Waals surface area contributed by atoms with Gasteiger partial charge >= 0.3 is 5.97 Å². The summed E-state index contributed by atoms with van der Waals surface area (Å²) in [5.74, 6) is -1.10. The first-order valence-corrected chi connectivity index (χ1v) is 8.75. The first-order valence-electron chi connectivity index (χ1n) is 8.38. The van der Waals surface area contributed by atoms with Gasteiger partial charge in [0.1, 0.15) is 18.3 Å². The maximum Gasteiger partial charge on any atom is 0.312 e. The molecule has 7 heteroatoms. The van der Waals surface area contributed by atoms with Crippen LogP contribution in [0.3, 0.4) is 0 Å². The summed E-state index contributed by atoms with van der Waals surface area (Å²) in [6, 6.07) is 7.61. The Kier molecular flexibility index (Phi) is 4.84. The van der Waals surface area contributed by atoms with Gasteiger partial charge in [-0.25, -0.2) is 4.98 Å². The van der Waals surface area contributed by atoms with Gasteiger partial charge in [-0.3, -0.25) is 9.48 Å². The number of hydrogen-bond donors (Lipinski definition) is 2. The first-order chi connectivity index (χ1) is 11.8. The molecule has 1 fully saturated rings. The standard InChI is InChI=1S/C18H22ClN3O3/c1-17(16(23)24)9-8-14(5-2-13-3-6-15(19)7-4-13)18(17,25)10-22-12-20-11-21-22/h3-4,6-7,11-12,14,25H,2,5,8-10H2,1H3,(H,23,24)/t14-,17-,18-/m1/s1. The molecular formula is C18H22ClN3O3. The van der Waals surface area contributed by atoms with Gasteiger partial charge in [0.15, 0.2) is 0 Å². The maximum absolute atomic E-state index is 11.9. The van der Waals surface area contributed by atoms with Crippen molar-refractivity contribution < 1.29 is 15.0 Å². The van der Waals surface area contributed by atoms with Crippen molar-refractivity contribution >= 4 is 17.6 Å². The van der Waals surface area contributed by atoms with E-state index in [2.05, 4.69) is 10.1 Å². The third-order valence-electron chi connectivity index (χ3n) is 5.66. The molecule has 6 nitrogen and oxygen atoms in total. The number of hydrogen-bond acceptors (Lipinski definition) is 4. The summed E-state index contributed by atoms with van der Waals surface area (Å²) in [5.41, 5.74) is -1.46. The molecular weight excluding hydrogens is 342 g/mol. The van der Waals surface area contributed by atoms with Gasteiger partial charge in [0, 0.05) is 5.02 Å². The summed E-state index contributed by atoms with van der Waals surface area (Å²) in [6.07, 6.45) is 5.47. The molecule has 2 aromatic rings. The van der Waals surface area contributed by atoms with Crippen LogP contribution in [0.4, 0.5) is 0 Å². The summed E-state index contributed by atoms with van der Waals surface area (Å²) in [7, 11) is 0. The van der Waals surface area contributed by atoms with Gasteiger partial charge in [0.05, 0.1) is 12.0 Å². The molecule has 0 radical (unpaired) electrons. The summed E-state index contributed by atoms with van der Waals surface area (Å²) in [6.45, 7) is 1.76. The molecule has 0 aliphatic heterocycles. The molecule has 0 amide bonds. The number of benzene rings is 1. The van der Waals surface area contributed by atoms with Gasteiger partial charge in [-0.05, 0) is 56.2 Å². The number of carbonyl (C=O) groups is 1. The van der Waals surface area contributed by atoms with Gasteiger partial charge in [-0.15, -0.1) is 0 Å². The Balaban J connectivity index is 1.81. The van der Waals surface area contributed by atoms with Crippen molar-refractivity contribution in [2.24, 2.45) is 11.3 Å². The van der Waals surface area contributed by atoms with E-state index >= 15 is 0 Å². The molecule has 1 heterocycles. The van der Waals surface area contributed by atoms with E-state index in [1.54, 1.807) is 6.92 Å². The molecule has 134 valence electrons. The van der Waals surface area contributed by atoms with Gasteiger partial charge in [0.25, 0.3) is 0 Å². The molecule has 3 atom stereocenters. The molecule has 1 aromatic carbocycles. The molecule has 1 aliphatic rings. The second-order valence-corrected chi connectivity index (χ2v) is 7.49. The van der Waals surface area contributed by atoms with E-state index in [1.165, 1.54) is 17.3 Å². The summed E-state index contributed by atoms with van der Waals surface area (Å²) < 4.78 is 1.52. The van der Waals surface area contributed by atoms with Crippen LogP contribution in [0.5, 0.6) is 0 Å². The van der Waals surface area contributed by atoms with Crippen molar-refractivity contribution in [3.8, 4) is 0 Å². The second-order valence-electron chi connectivity index (χ2n) is 7.06. The first kappa shape index (κ1) is 17.9. The lowest BCUT2D eigenvalue weighted by Crippen LogP contribution is -2.54. The SMILES string of the molecule is C[C@]1(C(=O)O)CC[C@@H](CCc2ccc(Cl)cc2)[C@]1(O)Cn1cncn1. The molecule has 0 bridgehead atoms. The lowest BCUT2D eigenvalue weighted by atomic mass is 9.71. The van der Waals surface area contributed by atoms with E-state index in [0.29, 0.717) is 24.3 Å². The molecule has 0 unspecified atom stereocenters. The van der Waals surface area contributed by atoms with Crippen molar-refractivity contribution in [2.75, 3.05) is 0 Å². The van der Waals surface area contributed by atoms with Crippen LogP contribution in [0.2, 0.25) is 5.02 Å². The smallest absolute Gasteiger partial charge is 0.312 e. The van der Waals surface area contributed by atoms with E-state index in [1.807, 2.05) is 24.3 Å². The summed E-state index contributed by atoms with van der Waals surface area (Å²) in [4.78, 5) is 15.8. The molecule has 25 heavy (non-hydrogen) atoms. The highest BCUT2D eigenvalue weighted by atomic mass is 35.5. The van der Waals surface area contributed by atoms with Crippen LogP contribution in [0.1, 0.15) is 31.7 Å². The van der Waals surface area contributed by atoms with Crippen LogP contribution in [-0.2, 0) is 17.8 Å². The number of aryl methyl sites for hydroxylation is 1. The quantitative estimate of drug-likeness (QED) is 0.823.